The van der Waals surface area contributed by atoms with Gasteiger partial charge in [0.25, 0.3) is 0 Å². The highest BCUT2D eigenvalue weighted by Crippen LogP contribution is 2.19. The van der Waals surface area contributed by atoms with Crippen molar-refractivity contribution in [1.29, 1.82) is 0 Å². The minimum absolute atomic E-state index is 0.270. The number of rotatable bonds is 7. The maximum Gasteiger partial charge on any atom is 0.327 e. The van der Waals surface area contributed by atoms with Crippen LogP contribution in [0.5, 0.6) is 5.75 Å². The third-order valence-electron chi connectivity index (χ3n) is 2.96. The number of ether oxygens (including phenoxy) is 2. The second-order valence-electron chi connectivity index (χ2n) is 4.87. The summed E-state index contributed by atoms with van der Waals surface area (Å²) >= 11 is 0. The Balaban J connectivity index is 2.74. The standard InChI is InChI=1S/C15H23NO3/c1-11(2)9-10-16-14(15(17)19-4)12-5-7-13(18-3)8-6-12/h5-8,11,14,16H,9-10H2,1-4H3. The summed E-state index contributed by atoms with van der Waals surface area (Å²) < 4.78 is 9.96. The van der Waals surface area contributed by atoms with Gasteiger partial charge in [-0.05, 0) is 36.6 Å². The summed E-state index contributed by atoms with van der Waals surface area (Å²) in [5, 5.41) is 3.24. The molecule has 1 unspecified atom stereocenters. The van der Waals surface area contributed by atoms with E-state index in [0.29, 0.717) is 5.92 Å². The van der Waals surface area contributed by atoms with Crippen LogP contribution < -0.4 is 10.1 Å². The molecule has 0 amide bonds. The van der Waals surface area contributed by atoms with Crippen LogP contribution in [0.25, 0.3) is 0 Å². The lowest BCUT2D eigenvalue weighted by molar-refractivity contribution is -0.143. The normalized spacial score (nSPS) is 12.3. The minimum atomic E-state index is -0.422. The van der Waals surface area contributed by atoms with Crippen LogP contribution in [0.15, 0.2) is 24.3 Å². The molecule has 0 radical (unpaired) electrons. The number of hydrogen-bond donors (Lipinski definition) is 1. The summed E-state index contributed by atoms with van der Waals surface area (Å²) in [6, 6.07) is 7.02. The Hall–Kier alpha value is -1.55. The van der Waals surface area contributed by atoms with Crippen molar-refractivity contribution in [1.82, 2.24) is 5.32 Å². The molecule has 0 aliphatic rings. The van der Waals surface area contributed by atoms with Gasteiger partial charge in [0, 0.05) is 0 Å². The number of carbonyl (C=O) groups excluding carboxylic acids is 1. The molecule has 0 bridgehead atoms. The van der Waals surface area contributed by atoms with E-state index >= 15 is 0 Å². The Kier molecular flexibility index (Phi) is 6.36. The van der Waals surface area contributed by atoms with E-state index < -0.39 is 6.04 Å². The van der Waals surface area contributed by atoms with Crippen LogP contribution in [0.3, 0.4) is 0 Å². The summed E-state index contributed by atoms with van der Waals surface area (Å²) in [6.45, 7) is 5.09. The lowest BCUT2D eigenvalue weighted by Gasteiger charge is -2.17. The predicted molar refractivity (Wildman–Crippen MR) is 75.2 cm³/mol. The molecule has 0 saturated carbocycles. The van der Waals surface area contributed by atoms with Crippen LogP contribution in [-0.4, -0.2) is 26.7 Å². The molecule has 0 spiro atoms. The topological polar surface area (TPSA) is 47.6 Å². The quantitative estimate of drug-likeness (QED) is 0.770. The molecule has 19 heavy (non-hydrogen) atoms. The van der Waals surface area contributed by atoms with E-state index in [9.17, 15) is 4.79 Å². The van der Waals surface area contributed by atoms with Crippen molar-refractivity contribution in [2.24, 2.45) is 5.92 Å². The van der Waals surface area contributed by atoms with Gasteiger partial charge >= 0.3 is 5.97 Å². The van der Waals surface area contributed by atoms with Gasteiger partial charge in [0.15, 0.2) is 0 Å². The fourth-order valence-electron chi connectivity index (χ4n) is 1.77. The molecule has 0 aliphatic heterocycles. The first kappa shape index (κ1) is 15.5. The second-order valence-corrected chi connectivity index (χ2v) is 4.87. The van der Waals surface area contributed by atoms with E-state index in [4.69, 9.17) is 9.47 Å². The fourth-order valence-corrected chi connectivity index (χ4v) is 1.77. The first-order chi connectivity index (χ1) is 9.08. The van der Waals surface area contributed by atoms with Crippen LogP contribution in [0.1, 0.15) is 31.9 Å². The number of hydrogen-bond acceptors (Lipinski definition) is 4. The van der Waals surface area contributed by atoms with Gasteiger partial charge in [0.05, 0.1) is 14.2 Å². The van der Waals surface area contributed by atoms with E-state index in [1.54, 1.807) is 7.11 Å². The zero-order chi connectivity index (χ0) is 14.3. The van der Waals surface area contributed by atoms with Gasteiger partial charge in [-0.2, -0.15) is 0 Å². The number of benzene rings is 1. The molecule has 1 aromatic carbocycles. The first-order valence-electron chi connectivity index (χ1n) is 6.53. The summed E-state index contributed by atoms with van der Waals surface area (Å²) in [5.74, 6) is 1.10. The van der Waals surface area contributed by atoms with Gasteiger partial charge in [-0.25, -0.2) is 4.79 Å². The number of carbonyl (C=O) groups is 1. The highest BCUT2D eigenvalue weighted by molar-refractivity contribution is 5.77. The van der Waals surface area contributed by atoms with E-state index in [1.165, 1.54) is 7.11 Å². The monoisotopic (exact) mass is 265 g/mol. The molecular formula is C15H23NO3. The van der Waals surface area contributed by atoms with Crippen molar-refractivity contribution in [3.63, 3.8) is 0 Å². The molecule has 0 aliphatic carbocycles. The Morgan fingerprint density at radius 2 is 1.84 bits per heavy atom. The zero-order valence-electron chi connectivity index (χ0n) is 12.1. The van der Waals surface area contributed by atoms with Gasteiger partial charge < -0.3 is 14.8 Å². The van der Waals surface area contributed by atoms with Crippen molar-refractivity contribution in [3.8, 4) is 5.75 Å². The Morgan fingerprint density at radius 1 is 1.21 bits per heavy atom. The van der Waals surface area contributed by atoms with Gasteiger partial charge in [-0.15, -0.1) is 0 Å². The maximum atomic E-state index is 11.8. The molecule has 4 nitrogen and oxygen atoms in total. The first-order valence-corrected chi connectivity index (χ1v) is 6.53. The van der Waals surface area contributed by atoms with E-state index in [1.807, 2.05) is 24.3 Å². The Bertz CT molecular complexity index is 387. The number of esters is 1. The smallest absolute Gasteiger partial charge is 0.327 e. The average Bonchev–Trinajstić information content (AvgIpc) is 2.43. The van der Waals surface area contributed by atoms with Gasteiger partial charge in [-0.3, -0.25) is 0 Å². The highest BCUT2D eigenvalue weighted by Gasteiger charge is 2.20. The molecule has 1 rings (SSSR count). The molecule has 4 heteroatoms. The van der Waals surface area contributed by atoms with Crippen LogP contribution >= 0.6 is 0 Å². The molecule has 1 aromatic rings. The van der Waals surface area contributed by atoms with Crippen molar-refractivity contribution >= 4 is 5.97 Å². The zero-order valence-corrected chi connectivity index (χ0v) is 12.1. The van der Waals surface area contributed by atoms with Crippen LogP contribution in [-0.2, 0) is 9.53 Å². The molecule has 1 atom stereocenters. The average molecular weight is 265 g/mol. The third kappa shape index (κ3) is 4.91. The molecule has 1 N–H and O–H groups in total. The summed E-state index contributed by atoms with van der Waals surface area (Å²) in [4.78, 5) is 11.8. The Labute approximate surface area is 115 Å². The molecular weight excluding hydrogens is 242 g/mol. The van der Waals surface area contributed by atoms with Crippen molar-refractivity contribution in [2.45, 2.75) is 26.3 Å². The largest absolute Gasteiger partial charge is 0.497 e. The molecule has 0 aromatic heterocycles. The number of methoxy groups -OCH3 is 2. The van der Waals surface area contributed by atoms with Gasteiger partial charge in [-0.1, -0.05) is 26.0 Å². The van der Waals surface area contributed by atoms with Crippen molar-refractivity contribution < 1.29 is 14.3 Å². The van der Waals surface area contributed by atoms with Crippen LogP contribution in [0.4, 0.5) is 0 Å². The predicted octanol–water partition coefficient (Wildman–Crippen LogP) is 2.55. The van der Waals surface area contributed by atoms with E-state index in [0.717, 1.165) is 24.3 Å². The summed E-state index contributed by atoms with van der Waals surface area (Å²) in [7, 11) is 3.02. The van der Waals surface area contributed by atoms with Crippen molar-refractivity contribution in [3.05, 3.63) is 29.8 Å². The summed E-state index contributed by atoms with van der Waals surface area (Å²) in [5.41, 5.74) is 0.886. The van der Waals surface area contributed by atoms with E-state index in [2.05, 4.69) is 19.2 Å². The molecule has 0 heterocycles. The van der Waals surface area contributed by atoms with Gasteiger partial charge in [0.1, 0.15) is 11.8 Å². The lowest BCUT2D eigenvalue weighted by atomic mass is 10.1. The fraction of sp³-hybridized carbons (Fsp3) is 0.533. The lowest BCUT2D eigenvalue weighted by Crippen LogP contribution is -2.30. The summed E-state index contributed by atoms with van der Waals surface area (Å²) in [6.07, 6.45) is 1.02. The highest BCUT2D eigenvalue weighted by atomic mass is 16.5. The van der Waals surface area contributed by atoms with Crippen LogP contribution in [0, 0.1) is 5.92 Å². The molecule has 0 saturated heterocycles. The van der Waals surface area contributed by atoms with E-state index in [-0.39, 0.29) is 5.97 Å². The van der Waals surface area contributed by atoms with Gasteiger partial charge in [0.2, 0.25) is 0 Å². The minimum Gasteiger partial charge on any atom is -0.497 e. The van der Waals surface area contributed by atoms with Crippen molar-refractivity contribution in [2.75, 3.05) is 20.8 Å². The molecule has 106 valence electrons. The SMILES string of the molecule is COC(=O)C(NCCC(C)C)c1ccc(OC)cc1. The second kappa shape index (κ2) is 7.79. The number of nitrogens with one attached hydrogen (secondary N) is 1. The third-order valence-corrected chi connectivity index (χ3v) is 2.96. The maximum absolute atomic E-state index is 11.8. The van der Waals surface area contributed by atoms with Crippen LogP contribution in [0.2, 0.25) is 0 Å². The Morgan fingerprint density at radius 3 is 2.32 bits per heavy atom. The molecule has 0 fully saturated rings.